The summed E-state index contributed by atoms with van der Waals surface area (Å²) in [6.07, 6.45) is -0.849. The number of carboxylic acid groups (broad SMARTS) is 1. The molecule has 1 N–H and O–H groups in total. The molecule has 3 atom stereocenters. The summed E-state index contributed by atoms with van der Waals surface area (Å²) in [5, 5.41) is 15.1. The lowest BCUT2D eigenvalue weighted by Gasteiger charge is -2.37. The molecule has 2 aromatic rings. The lowest BCUT2D eigenvalue weighted by molar-refractivity contribution is -0.308. The zero-order chi connectivity index (χ0) is 16.3. The molecular formula is C17H13Cl2FNO3-. The average molecular weight is 369 g/mol. The molecule has 0 spiro atoms. The molecule has 4 nitrogen and oxygen atoms in total. The zero-order valence-electron chi connectivity index (χ0n) is 11.5. The van der Waals surface area contributed by atoms with Gasteiger partial charge in [-0.05, 0) is 18.2 Å². The Kier molecular flexibility index (Phi) is 4.10. The van der Waals surface area contributed by atoms with Gasteiger partial charge in [-0.25, -0.2) is 4.39 Å². The summed E-state index contributed by atoms with van der Waals surface area (Å²) in [4.78, 5) is 11.5. The number of benzene rings is 2. The fraction of sp³-hybridized carbons (Fsp3) is 0.235. The van der Waals surface area contributed by atoms with Crippen LogP contribution in [0.4, 0.5) is 10.1 Å². The van der Waals surface area contributed by atoms with E-state index in [9.17, 15) is 14.3 Å². The van der Waals surface area contributed by atoms with E-state index in [0.717, 1.165) is 0 Å². The van der Waals surface area contributed by atoms with E-state index in [1.165, 1.54) is 6.07 Å². The molecule has 0 aromatic heterocycles. The molecule has 126 valence electrons. The van der Waals surface area contributed by atoms with Crippen LogP contribution in [-0.4, -0.2) is 18.1 Å². The Hall–Kier alpha value is -1.98. The third kappa shape index (κ3) is 2.31. The number of carbonyl (C=O) groups excluding carboxylic acids is 1. The predicted octanol–water partition coefficient (Wildman–Crippen LogP) is 3.21. The van der Waals surface area contributed by atoms with Gasteiger partial charge in [0.25, 0.3) is 0 Å². The summed E-state index contributed by atoms with van der Waals surface area (Å²) in [5.41, 5.74) is 1.69. The van der Waals surface area contributed by atoms with Gasteiger partial charge in [0.1, 0.15) is 12.1 Å². The van der Waals surface area contributed by atoms with Crippen molar-refractivity contribution in [1.29, 1.82) is 0 Å². The van der Waals surface area contributed by atoms with Crippen molar-refractivity contribution >= 4 is 34.9 Å². The van der Waals surface area contributed by atoms with Crippen LogP contribution in [0.1, 0.15) is 24.5 Å². The van der Waals surface area contributed by atoms with Crippen molar-refractivity contribution in [2.45, 2.75) is 25.5 Å². The summed E-state index contributed by atoms with van der Waals surface area (Å²) in [7, 11) is 0. The molecule has 0 fully saturated rings. The Morgan fingerprint density at radius 3 is 2.75 bits per heavy atom. The van der Waals surface area contributed by atoms with Crippen LogP contribution in [0.15, 0.2) is 30.3 Å². The summed E-state index contributed by atoms with van der Waals surface area (Å²) < 4.78 is 19.6. The molecule has 7 heteroatoms. The summed E-state index contributed by atoms with van der Waals surface area (Å²) in [5.74, 6) is -2.34. The van der Waals surface area contributed by atoms with Gasteiger partial charge in [0.2, 0.25) is 0 Å². The second-order valence-electron chi connectivity index (χ2n) is 5.51. The van der Waals surface area contributed by atoms with Gasteiger partial charge in [-0.1, -0.05) is 42.8 Å². The van der Waals surface area contributed by atoms with Crippen molar-refractivity contribution in [2.24, 2.45) is 0 Å². The molecular weight excluding hydrogens is 356 g/mol. The first-order valence-electron chi connectivity index (χ1n) is 6.89. The monoisotopic (exact) mass is 368 g/mol. The SMILES string of the molecule is C.O=C([O-])C1Nc2cc(Cl)cc(Cl)c2C2c3cccc(F)c3OC12. The van der Waals surface area contributed by atoms with Gasteiger partial charge < -0.3 is 20.0 Å². The minimum absolute atomic E-state index is 0. The van der Waals surface area contributed by atoms with E-state index >= 15 is 0 Å². The molecule has 2 aliphatic heterocycles. The highest BCUT2D eigenvalue weighted by Gasteiger charge is 2.47. The molecule has 0 saturated heterocycles. The van der Waals surface area contributed by atoms with Gasteiger partial charge in [0, 0.05) is 26.9 Å². The maximum absolute atomic E-state index is 14.0. The Morgan fingerprint density at radius 2 is 2.04 bits per heavy atom. The summed E-state index contributed by atoms with van der Waals surface area (Å²) >= 11 is 12.3. The molecule has 2 aliphatic rings. The number of fused-ring (bicyclic) bond motifs is 5. The third-order valence-electron chi connectivity index (χ3n) is 4.21. The first-order valence-corrected chi connectivity index (χ1v) is 7.64. The van der Waals surface area contributed by atoms with Gasteiger partial charge in [-0.2, -0.15) is 0 Å². The average Bonchev–Trinajstić information content (AvgIpc) is 2.86. The van der Waals surface area contributed by atoms with Crippen LogP contribution in [0.5, 0.6) is 5.75 Å². The number of carbonyl (C=O) groups is 1. The molecule has 0 amide bonds. The molecule has 2 aromatic carbocycles. The van der Waals surface area contributed by atoms with Crippen LogP contribution in [0, 0.1) is 5.82 Å². The molecule has 0 radical (unpaired) electrons. The molecule has 2 heterocycles. The molecule has 0 bridgehead atoms. The Bertz CT molecular complexity index is 843. The van der Waals surface area contributed by atoms with Crippen molar-refractivity contribution in [2.75, 3.05) is 5.32 Å². The van der Waals surface area contributed by atoms with E-state index in [4.69, 9.17) is 27.9 Å². The number of hydrogen-bond acceptors (Lipinski definition) is 4. The minimum Gasteiger partial charge on any atom is -0.548 e. The van der Waals surface area contributed by atoms with Crippen molar-refractivity contribution < 1.29 is 19.0 Å². The zero-order valence-corrected chi connectivity index (χ0v) is 13.0. The van der Waals surface area contributed by atoms with E-state index in [1.807, 2.05) is 0 Å². The standard InChI is InChI=1S/C16H10Cl2FNO3.CH4/c17-6-4-8(18)12-10(5-6)20-13(16(21)22)15-11(12)7-2-1-3-9(19)14(7)23-15;/h1-5,11,13,15,20H,(H,21,22);1H4/p-1. The number of rotatable bonds is 1. The maximum Gasteiger partial charge on any atom is 0.165 e. The highest BCUT2D eigenvalue weighted by atomic mass is 35.5. The molecule has 4 rings (SSSR count). The molecule has 24 heavy (non-hydrogen) atoms. The van der Waals surface area contributed by atoms with Gasteiger partial charge in [0.05, 0.1) is 11.9 Å². The Balaban J connectivity index is 0.00000169. The molecule has 0 aliphatic carbocycles. The van der Waals surface area contributed by atoms with Crippen LogP contribution in [-0.2, 0) is 4.79 Å². The third-order valence-corrected chi connectivity index (χ3v) is 4.74. The van der Waals surface area contributed by atoms with Crippen LogP contribution >= 0.6 is 23.2 Å². The van der Waals surface area contributed by atoms with E-state index < -0.39 is 29.9 Å². The smallest absolute Gasteiger partial charge is 0.165 e. The van der Waals surface area contributed by atoms with Crippen LogP contribution in [0.2, 0.25) is 10.0 Å². The second kappa shape index (κ2) is 5.83. The first-order chi connectivity index (χ1) is 11.0. The van der Waals surface area contributed by atoms with Gasteiger partial charge >= 0.3 is 0 Å². The number of carboxylic acids is 1. The van der Waals surface area contributed by atoms with E-state index in [1.54, 1.807) is 24.3 Å². The highest BCUT2D eigenvalue weighted by molar-refractivity contribution is 6.35. The number of para-hydroxylation sites is 1. The van der Waals surface area contributed by atoms with Gasteiger partial charge in [0.15, 0.2) is 11.6 Å². The van der Waals surface area contributed by atoms with Crippen molar-refractivity contribution in [3.63, 3.8) is 0 Å². The Morgan fingerprint density at radius 1 is 1.29 bits per heavy atom. The topological polar surface area (TPSA) is 61.4 Å². The molecule has 0 saturated carbocycles. The summed E-state index contributed by atoms with van der Waals surface area (Å²) in [6.45, 7) is 0. The van der Waals surface area contributed by atoms with Crippen LogP contribution in [0.25, 0.3) is 0 Å². The van der Waals surface area contributed by atoms with E-state index in [-0.39, 0.29) is 13.2 Å². The van der Waals surface area contributed by atoms with Crippen LogP contribution in [0.3, 0.4) is 0 Å². The van der Waals surface area contributed by atoms with Gasteiger partial charge in [-0.15, -0.1) is 0 Å². The number of anilines is 1. The van der Waals surface area contributed by atoms with Crippen molar-refractivity contribution in [3.05, 3.63) is 57.3 Å². The minimum atomic E-state index is -1.34. The number of aliphatic carboxylic acids is 1. The molecule has 3 unspecified atom stereocenters. The number of hydrogen-bond donors (Lipinski definition) is 1. The quantitative estimate of drug-likeness (QED) is 0.839. The lowest BCUT2D eigenvalue weighted by atomic mass is 9.81. The number of ether oxygens (including phenoxy) is 1. The van der Waals surface area contributed by atoms with E-state index in [0.29, 0.717) is 26.9 Å². The summed E-state index contributed by atoms with van der Waals surface area (Å²) in [6, 6.07) is 6.54. The number of nitrogens with one attached hydrogen (secondary N) is 1. The highest BCUT2D eigenvalue weighted by Crippen LogP contribution is 2.51. The largest absolute Gasteiger partial charge is 0.548 e. The maximum atomic E-state index is 14.0. The number of halogens is 3. The van der Waals surface area contributed by atoms with Crippen LogP contribution < -0.4 is 15.2 Å². The fourth-order valence-corrected chi connectivity index (χ4v) is 3.93. The predicted molar refractivity (Wildman–Crippen MR) is 88.3 cm³/mol. The normalized spacial score (nSPS) is 23.0. The second-order valence-corrected chi connectivity index (χ2v) is 6.35. The Labute approximate surface area is 148 Å². The van der Waals surface area contributed by atoms with E-state index in [2.05, 4.69) is 5.32 Å². The fourth-order valence-electron chi connectivity index (χ4n) is 3.32. The lowest BCUT2D eigenvalue weighted by Crippen LogP contribution is -2.53. The first kappa shape index (κ1) is 16.9. The van der Waals surface area contributed by atoms with Crippen molar-refractivity contribution in [1.82, 2.24) is 0 Å². The van der Waals surface area contributed by atoms with Crippen molar-refractivity contribution in [3.8, 4) is 5.75 Å². The van der Waals surface area contributed by atoms with Gasteiger partial charge in [-0.3, -0.25) is 0 Å².